The number of methoxy groups -OCH3 is 1. The lowest BCUT2D eigenvalue weighted by molar-refractivity contribution is 0.370. The van der Waals surface area contributed by atoms with Crippen molar-refractivity contribution in [3.63, 3.8) is 0 Å². The number of benzene rings is 2. The first-order valence-electron chi connectivity index (χ1n) is 10.4. The van der Waals surface area contributed by atoms with Crippen LogP contribution in [0.15, 0.2) is 53.5 Å². The van der Waals surface area contributed by atoms with Gasteiger partial charge in [-0.2, -0.15) is 0 Å². The molecule has 1 aliphatic heterocycles. The summed E-state index contributed by atoms with van der Waals surface area (Å²) in [6.07, 6.45) is 2.82. The van der Waals surface area contributed by atoms with Gasteiger partial charge in [-0.1, -0.05) is 30.3 Å². The summed E-state index contributed by atoms with van der Waals surface area (Å²) in [5, 5.41) is 17.1. The standard InChI is InChI=1S/C23H32N4O2/c1-3-24-23(25-15-12-18-8-7-11-21(29-2)22(18)28)26-19-13-16-27(17-14-19)20-9-5-4-6-10-20/h4-11,19,28H,3,12-17H2,1-2H3,(H2,24,25,26). The summed E-state index contributed by atoms with van der Waals surface area (Å²) < 4.78 is 5.18. The van der Waals surface area contributed by atoms with Gasteiger partial charge >= 0.3 is 0 Å². The minimum Gasteiger partial charge on any atom is -0.504 e. The van der Waals surface area contributed by atoms with Gasteiger partial charge in [0.25, 0.3) is 0 Å². The van der Waals surface area contributed by atoms with Crippen LogP contribution < -0.4 is 20.3 Å². The lowest BCUT2D eigenvalue weighted by atomic mass is 10.0. The first-order valence-corrected chi connectivity index (χ1v) is 10.4. The van der Waals surface area contributed by atoms with Gasteiger partial charge in [-0.25, -0.2) is 0 Å². The third-order valence-electron chi connectivity index (χ3n) is 5.25. The Morgan fingerprint density at radius 2 is 1.90 bits per heavy atom. The largest absolute Gasteiger partial charge is 0.504 e. The summed E-state index contributed by atoms with van der Waals surface area (Å²) in [5.41, 5.74) is 2.14. The zero-order chi connectivity index (χ0) is 20.5. The number of phenolic OH excluding ortho intramolecular Hbond substituents is 1. The van der Waals surface area contributed by atoms with Crippen molar-refractivity contribution in [2.75, 3.05) is 38.2 Å². The Hall–Kier alpha value is -2.89. The monoisotopic (exact) mass is 396 g/mol. The van der Waals surface area contributed by atoms with Gasteiger partial charge in [-0.15, -0.1) is 0 Å². The second-order valence-corrected chi connectivity index (χ2v) is 7.22. The molecule has 0 unspecified atom stereocenters. The number of hydrogen-bond donors (Lipinski definition) is 3. The van der Waals surface area contributed by atoms with E-state index >= 15 is 0 Å². The molecule has 0 aliphatic carbocycles. The normalized spacial score (nSPS) is 15.2. The van der Waals surface area contributed by atoms with Gasteiger partial charge in [0.2, 0.25) is 0 Å². The molecule has 29 heavy (non-hydrogen) atoms. The Morgan fingerprint density at radius 3 is 2.59 bits per heavy atom. The number of nitrogens with one attached hydrogen (secondary N) is 2. The first-order chi connectivity index (χ1) is 14.2. The van der Waals surface area contributed by atoms with Crippen LogP contribution in [-0.2, 0) is 6.42 Å². The number of anilines is 1. The van der Waals surface area contributed by atoms with Gasteiger partial charge in [0.1, 0.15) is 0 Å². The molecule has 6 heteroatoms. The van der Waals surface area contributed by atoms with Crippen LogP contribution in [0.1, 0.15) is 25.3 Å². The summed E-state index contributed by atoms with van der Waals surface area (Å²) in [4.78, 5) is 7.14. The van der Waals surface area contributed by atoms with E-state index in [1.807, 2.05) is 12.1 Å². The van der Waals surface area contributed by atoms with Crippen molar-refractivity contribution in [1.29, 1.82) is 0 Å². The van der Waals surface area contributed by atoms with Crippen LogP contribution in [0.5, 0.6) is 11.5 Å². The van der Waals surface area contributed by atoms with E-state index in [1.54, 1.807) is 13.2 Å². The number of phenols is 1. The quantitative estimate of drug-likeness (QED) is 0.495. The number of rotatable bonds is 7. The maximum Gasteiger partial charge on any atom is 0.191 e. The maximum atomic E-state index is 10.2. The molecule has 1 aliphatic rings. The van der Waals surface area contributed by atoms with E-state index in [-0.39, 0.29) is 5.75 Å². The van der Waals surface area contributed by atoms with Crippen molar-refractivity contribution >= 4 is 11.6 Å². The van der Waals surface area contributed by atoms with Crippen molar-refractivity contribution in [2.24, 2.45) is 4.99 Å². The number of aliphatic imine (C=N–C) groups is 1. The molecule has 0 aromatic heterocycles. The van der Waals surface area contributed by atoms with E-state index in [1.165, 1.54) is 5.69 Å². The van der Waals surface area contributed by atoms with Crippen LogP contribution in [0.25, 0.3) is 0 Å². The number of guanidine groups is 1. The summed E-state index contributed by atoms with van der Waals surface area (Å²) in [6.45, 7) is 5.57. The number of para-hydroxylation sites is 2. The van der Waals surface area contributed by atoms with Crippen molar-refractivity contribution in [3.8, 4) is 11.5 Å². The number of ether oxygens (including phenoxy) is 1. The van der Waals surface area contributed by atoms with Gasteiger partial charge < -0.3 is 25.4 Å². The summed E-state index contributed by atoms with van der Waals surface area (Å²) >= 11 is 0. The Bertz CT molecular complexity index is 787. The van der Waals surface area contributed by atoms with E-state index in [9.17, 15) is 5.11 Å². The fourth-order valence-corrected chi connectivity index (χ4v) is 3.66. The van der Waals surface area contributed by atoms with E-state index < -0.39 is 0 Å². The van der Waals surface area contributed by atoms with Crippen molar-refractivity contribution < 1.29 is 9.84 Å². The summed E-state index contributed by atoms with van der Waals surface area (Å²) in [5.74, 6) is 1.55. The van der Waals surface area contributed by atoms with Gasteiger partial charge in [-0.05, 0) is 49.9 Å². The van der Waals surface area contributed by atoms with Crippen LogP contribution in [-0.4, -0.2) is 50.4 Å². The highest BCUT2D eigenvalue weighted by molar-refractivity contribution is 5.80. The molecule has 0 spiro atoms. The third kappa shape index (κ3) is 5.79. The predicted octanol–water partition coefficient (Wildman–Crippen LogP) is 3.17. The Balaban J connectivity index is 1.52. The lowest BCUT2D eigenvalue weighted by Crippen LogP contribution is -2.48. The molecule has 156 valence electrons. The molecule has 3 N–H and O–H groups in total. The van der Waals surface area contributed by atoms with Crippen molar-refractivity contribution in [1.82, 2.24) is 10.6 Å². The molecule has 0 saturated carbocycles. The number of piperidine rings is 1. The van der Waals surface area contributed by atoms with Crippen LogP contribution in [0.4, 0.5) is 5.69 Å². The Kier molecular flexibility index (Phi) is 7.61. The third-order valence-corrected chi connectivity index (χ3v) is 5.25. The maximum absolute atomic E-state index is 10.2. The number of hydrogen-bond acceptors (Lipinski definition) is 4. The van der Waals surface area contributed by atoms with E-state index in [4.69, 9.17) is 9.73 Å². The smallest absolute Gasteiger partial charge is 0.191 e. The first kappa shape index (κ1) is 20.8. The minimum atomic E-state index is 0.205. The molecule has 1 saturated heterocycles. The Morgan fingerprint density at radius 1 is 1.14 bits per heavy atom. The van der Waals surface area contributed by atoms with E-state index in [0.717, 1.165) is 44.0 Å². The molecule has 6 nitrogen and oxygen atoms in total. The molecule has 1 fully saturated rings. The molecular formula is C23H32N4O2. The highest BCUT2D eigenvalue weighted by Gasteiger charge is 2.20. The van der Waals surface area contributed by atoms with Gasteiger partial charge in [0, 0.05) is 37.9 Å². The Labute approximate surface area is 173 Å². The van der Waals surface area contributed by atoms with Crippen LogP contribution >= 0.6 is 0 Å². The topological polar surface area (TPSA) is 69.1 Å². The second-order valence-electron chi connectivity index (χ2n) is 7.22. The SMILES string of the molecule is CCNC(=NCCc1cccc(OC)c1O)NC1CCN(c2ccccc2)CC1. The fraction of sp³-hybridized carbons (Fsp3) is 0.435. The number of aromatic hydroxyl groups is 1. The van der Waals surface area contributed by atoms with Gasteiger partial charge in [0.15, 0.2) is 17.5 Å². The summed E-state index contributed by atoms with van der Waals surface area (Å²) in [7, 11) is 1.56. The molecule has 0 amide bonds. The predicted molar refractivity (Wildman–Crippen MR) is 119 cm³/mol. The molecule has 3 rings (SSSR count). The van der Waals surface area contributed by atoms with Crippen molar-refractivity contribution in [3.05, 3.63) is 54.1 Å². The second kappa shape index (κ2) is 10.6. The van der Waals surface area contributed by atoms with Crippen LogP contribution in [0.3, 0.4) is 0 Å². The van der Waals surface area contributed by atoms with E-state index in [0.29, 0.717) is 24.8 Å². The zero-order valence-corrected chi connectivity index (χ0v) is 17.4. The lowest BCUT2D eigenvalue weighted by Gasteiger charge is -2.34. The fourth-order valence-electron chi connectivity index (χ4n) is 3.66. The average molecular weight is 397 g/mol. The summed E-state index contributed by atoms with van der Waals surface area (Å²) in [6, 6.07) is 16.6. The molecular weight excluding hydrogens is 364 g/mol. The minimum absolute atomic E-state index is 0.205. The molecule has 1 heterocycles. The van der Waals surface area contributed by atoms with Crippen LogP contribution in [0, 0.1) is 0 Å². The molecule has 0 radical (unpaired) electrons. The molecule has 0 atom stereocenters. The molecule has 0 bridgehead atoms. The number of nitrogens with zero attached hydrogens (tertiary/aromatic N) is 2. The van der Waals surface area contributed by atoms with Gasteiger partial charge in [0.05, 0.1) is 7.11 Å². The van der Waals surface area contributed by atoms with E-state index in [2.05, 4.69) is 52.8 Å². The highest BCUT2D eigenvalue weighted by Crippen LogP contribution is 2.29. The molecule has 2 aromatic carbocycles. The van der Waals surface area contributed by atoms with Gasteiger partial charge in [-0.3, -0.25) is 4.99 Å². The highest BCUT2D eigenvalue weighted by atomic mass is 16.5. The van der Waals surface area contributed by atoms with Crippen LogP contribution in [0.2, 0.25) is 0 Å². The average Bonchev–Trinajstić information content (AvgIpc) is 2.76. The van der Waals surface area contributed by atoms with Crippen molar-refractivity contribution in [2.45, 2.75) is 32.2 Å². The molecule has 2 aromatic rings. The zero-order valence-electron chi connectivity index (χ0n) is 17.4.